The highest BCUT2D eigenvalue weighted by atomic mass is 32.1. The first kappa shape index (κ1) is 14.0. The molecule has 1 aliphatic heterocycles. The van der Waals surface area contributed by atoms with Crippen molar-refractivity contribution in [1.82, 2.24) is 15.5 Å². The van der Waals surface area contributed by atoms with Crippen LogP contribution in [0.25, 0.3) is 0 Å². The second-order valence-electron chi connectivity index (χ2n) is 4.75. The molecule has 2 unspecified atom stereocenters. The first-order valence-electron chi connectivity index (χ1n) is 6.39. The Kier molecular flexibility index (Phi) is 4.55. The van der Waals surface area contributed by atoms with E-state index < -0.39 is 6.04 Å². The lowest BCUT2D eigenvalue weighted by Crippen LogP contribution is -2.45. The average molecular weight is 281 g/mol. The number of nitrogens with zero attached hydrogens (tertiary/aromatic N) is 1. The number of rotatable bonds is 5. The summed E-state index contributed by atoms with van der Waals surface area (Å²) < 4.78 is 5.46. The molecule has 104 valence electrons. The van der Waals surface area contributed by atoms with E-state index in [2.05, 4.69) is 10.6 Å². The van der Waals surface area contributed by atoms with Gasteiger partial charge in [0.2, 0.25) is 5.91 Å². The highest BCUT2D eigenvalue weighted by Crippen LogP contribution is 2.25. The standard InChI is InChI=1S/C13H19N3O2S/c1-9(15-8-19)7-16-5-3-10-4-6-18-12(10)11(14-2)13(16)17/h4,6,8-9,11,14H,3,5,7H2,1-2H3,(H,15,19). The van der Waals surface area contributed by atoms with Crippen LogP contribution < -0.4 is 10.6 Å². The lowest BCUT2D eigenvalue weighted by Gasteiger charge is -2.26. The van der Waals surface area contributed by atoms with E-state index in [1.54, 1.807) is 13.3 Å². The van der Waals surface area contributed by atoms with Crippen molar-refractivity contribution < 1.29 is 9.21 Å². The molecule has 0 fully saturated rings. The molecule has 0 saturated heterocycles. The van der Waals surface area contributed by atoms with Gasteiger partial charge >= 0.3 is 0 Å². The quantitative estimate of drug-likeness (QED) is 0.784. The maximum absolute atomic E-state index is 12.5. The Morgan fingerprint density at radius 2 is 2.47 bits per heavy atom. The summed E-state index contributed by atoms with van der Waals surface area (Å²) >= 11 is 4.77. The summed E-state index contributed by atoms with van der Waals surface area (Å²) in [7, 11) is 1.77. The van der Waals surface area contributed by atoms with E-state index >= 15 is 0 Å². The Bertz CT molecular complexity index is 460. The number of hydrogen-bond donors (Lipinski definition) is 2. The van der Waals surface area contributed by atoms with Crippen molar-refractivity contribution >= 4 is 23.6 Å². The maximum atomic E-state index is 12.5. The van der Waals surface area contributed by atoms with Crippen LogP contribution in [0.2, 0.25) is 0 Å². The average Bonchev–Trinajstić information content (AvgIpc) is 2.79. The van der Waals surface area contributed by atoms with Gasteiger partial charge in [-0.15, -0.1) is 0 Å². The van der Waals surface area contributed by atoms with Gasteiger partial charge in [-0.05, 0) is 32.0 Å². The molecule has 0 bridgehead atoms. The monoisotopic (exact) mass is 281 g/mol. The lowest BCUT2D eigenvalue weighted by atomic mass is 10.1. The summed E-state index contributed by atoms with van der Waals surface area (Å²) in [5.74, 6) is 0.791. The zero-order valence-corrected chi connectivity index (χ0v) is 12.0. The van der Waals surface area contributed by atoms with Crippen LogP contribution in [0.3, 0.4) is 0 Å². The van der Waals surface area contributed by atoms with Crippen LogP contribution in [0.15, 0.2) is 16.7 Å². The molecule has 5 nitrogen and oxygen atoms in total. The molecule has 2 rings (SSSR count). The molecule has 2 N–H and O–H groups in total. The van der Waals surface area contributed by atoms with Crippen molar-refractivity contribution in [2.45, 2.75) is 25.4 Å². The van der Waals surface area contributed by atoms with Gasteiger partial charge in [0, 0.05) is 19.1 Å². The number of furan rings is 1. The van der Waals surface area contributed by atoms with Crippen molar-refractivity contribution in [3.63, 3.8) is 0 Å². The molecule has 0 radical (unpaired) electrons. The SMILES string of the molecule is CNC1C(=O)N(CC(C)NC=S)CCc2ccoc21. The third kappa shape index (κ3) is 2.96. The lowest BCUT2D eigenvalue weighted by molar-refractivity contribution is -0.133. The molecule has 2 atom stereocenters. The Balaban J connectivity index is 2.15. The minimum atomic E-state index is -0.396. The Morgan fingerprint density at radius 1 is 1.68 bits per heavy atom. The number of fused-ring (bicyclic) bond motifs is 1. The summed E-state index contributed by atoms with van der Waals surface area (Å²) in [5, 5.41) is 6.07. The molecule has 2 heterocycles. The van der Waals surface area contributed by atoms with Crippen molar-refractivity contribution in [2.24, 2.45) is 0 Å². The van der Waals surface area contributed by atoms with Gasteiger partial charge < -0.3 is 20.0 Å². The molecule has 0 spiro atoms. The van der Waals surface area contributed by atoms with Gasteiger partial charge in [-0.2, -0.15) is 0 Å². The number of nitrogens with one attached hydrogen (secondary N) is 2. The molecular formula is C13H19N3O2S. The van der Waals surface area contributed by atoms with E-state index in [4.69, 9.17) is 16.6 Å². The zero-order valence-electron chi connectivity index (χ0n) is 11.2. The van der Waals surface area contributed by atoms with Crippen LogP contribution in [-0.4, -0.2) is 42.5 Å². The molecule has 1 aromatic rings. The van der Waals surface area contributed by atoms with Crippen LogP contribution in [0.5, 0.6) is 0 Å². The van der Waals surface area contributed by atoms with Gasteiger partial charge in [-0.25, -0.2) is 0 Å². The Labute approximate surface area is 118 Å². The van der Waals surface area contributed by atoms with Crippen molar-refractivity contribution in [1.29, 1.82) is 0 Å². The fourth-order valence-corrected chi connectivity index (χ4v) is 2.64. The van der Waals surface area contributed by atoms with Gasteiger partial charge in [-0.1, -0.05) is 12.2 Å². The van der Waals surface area contributed by atoms with Crippen LogP contribution in [0.4, 0.5) is 0 Å². The fraction of sp³-hybridized carbons (Fsp3) is 0.538. The number of amides is 1. The number of hydrogen-bond acceptors (Lipinski definition) is 4. The predicted molar refractivity (Wildman–Crippen MR) is 77.0 cm³/mol. The third-order valence-electron chi connectivity index (χ3n) is 3.39. The van der Waals surface area contributed by atoms with Crippen LogP contribution in [-0.2, 0) is 11.2 Å². The number of thiocarbonyl (C=S) groups is 1. The Morgan fingerprint density at radius 3 is 3.16 bits per heavy atom. The second kappa shape index (κ2) is 6.16. The molecule has 0 saturated carbocycles. The summed E-state index contributed by atoms with van der Waals surface area (Å²) in [6, 6.07) is 1.69. The van der Waals surface area contributed by atoms with Gasteiger partial charge in [0.25, 0.3) is 0 Å². The van der Waals surface area contributed by atoms with E-state index in [9.17, 15) is 4.79 Å². The van der Waals surface area contributed by atoms with E-state index in [0.29, 0.717) is 13.1 Å². The van der Waals surface area contributed by atoms with E-state index in [-0.39, 0.29) is 11.9 Å². The highest BCUT2D eigenvalue weighted by molar-refractivity contribution is 7.78. The van der Waals surface area contributed by atoms with Crippen LogP contribution in [0.1, 0.15) is 24.3 Å². The van der Waals surface area contributed by atoms with Crippen molar-refractivity contribution in [3.05, 3.63) is 23.7 Å². The molecule has 0 aliphatic carbocycles. The summed E-state index contributed by atoms with van der Waals surface area (Å²) in [6.07, 6.45) is 2.47. The number of carbonyl (C=O) groups is 1. The predicted octanol–water partition coefficient (Wildman–Crippen LogP) is 0.860. The molecule has 1 aromatic heterocycles. The maximum Gasteiger partial charge on any atom is 0.247 e. The first-order chi connectivity index (χ1) is 9.17. The van der Waals surface area contributed by atoms with Crippen molar-refractivity contribution in [2.75, 3.05) is 20.1 Å². The minimum absolute atomic E-state index is 0.0502. The van der Waals surface area contributed by atoms with E-state index in [1.165, 1.54) is 5.49 Å². The third-order valence-corrected chi connectivity index (χ3v) is 3.52. The second-order valence-corrected chi connectivity index (χ2v) is 4.99. The van der Waals surface area contributed by atoms with Gasteiger partial charge in [0.1, 0.15) is 11.8 Å². The smallest absolute Gasteiger partial charge is 0.247 e. The molecule has 0 aromatic carbocycles. The van der Waals surface area contributed by atoms with E-state index in [1.807, 2.05) is 17.9 Å². The highest BCUT2D eigenvalue weighted by Gasteiger charge is 2.32. The Hall–Kier alpha value is -1.40. The van der Waals surface area contributed by atoms with Gasteiger partial charge in [0.15, 0.2) is 0 Å². The molecule has 19 heavy (non-hydrogen) atoms. The topological polar surface area (TPSA) is 57.5 Å². The largest absolute Gasteiger partial charge is 0.467 e. The summed E-state index contributed by atoms with van der Waals surface area (Å²) in [5.41, 5.74) is 2.60. The fourth-order valence-electron chi connectivity index (χ4n) is 2.40. The summed E-state index contributed by atoms with van der Waals surface area (Å²) in [6.45, 7) is 3.34. The molecule has 1 aliphatic rings. The van der Waals surface area contributed by atoms with Crippen LogP contribution in [0, 0.1) is 0 Å². The normalized spacial score (nSPS) is 20.6. The zero-order chi connectivity index (χ0) is 13.8. The minimum Gasteiger partial charge on any atom is -0.467 e. The van der Waals surface area contributed by atoms with Crippen molar-refractivity contribution in [3.8, 4) is 0 Å². The van der Waals surface area contributed by atoms with Crippen LogP contribution >= 0.6 is 12.2 Å². The number of carbonyl (C=O) groups excluding carboxylic acids is 1. The van der Waals surface area contributed by atoms with Gasteiger partial charge in [-0.3, -0.25) is 4.79 Å². The van der Waals surface area contributed by atoms with Gasteiger partial charge in [0.05, 0.1) is 11.8 Å². The molecule has 6 heteroatoms. The summed E-state index contributed by atoms with van der Waals surface area (Å²) in [4.78, 5) is 14.4. The number of likely N-dealkylation sites (N-methyl/N-ethyl adjacent to an activating group) is 1. The van der Waals surface area contributed by atoms with E-state index in [0.717, 1.165) is 17.7 Å². The molecule has 1 amide bonds. The molecular weight excluding hydrogens is 262 g/mol. The first-order valence-corrected chi connectivity index (χ1v) is 6.86.